The number of hydrogen-bond acceptors (Lipinski definition) is 4. The molecule has 2 N–H and O–H groups in total. The molecule has 0 saturated carbocycles. The molecule has 0 aromatic heterocycles. The van der Waals surface area contributed by atoms with Crippen molar-refractivity contribution in [3.05, 3.63) is 38.1 Å². The summed E-state index contributed by atoms with van der Waals surface area (Å²) in [6, 6.07) is 1.46. The maximum atomic E-state index is 13.3. The first kappa shape index (κ1) is 15.5. The van der Waals surface area contributed by atoms with Gasteiger partial charge < -0.3 is 10.6 Å². The van der Waals surface area contributed by atoms with Gasteiger partial charge in [-0.3, -0.25) is 14.9 Å². The Labute approximate surface area is 117 Å². The average Bonchev–Trinajstić information content (AvgIpc) is 2.29. The Bertz CT molecular complexity index is 522. The van der Waals surface area contributed by atoms with E-state index in [1.165, 1.54) is 11.9 Å². The number of nitro benzene ring substituents is 1. The number of amides is 1. The van der Waals surface area contributed by atoms with Gasteiger partial charge in [-0.25, -0.2) is 4.39 Å². The molecule has 1 aromatic carbocycles. The van der Waals surface area contributed by atoms with Crippen LogP contribution in [-0.2, 0) is 0 Å². The van der Waals surface area contributed by atoms with Gasteiger partial charge in [-0.2, -0.15) is 0 Å². The van der Waals surface area contributed by atoms with Crippen LogP contribution in [0, 0.1) is 15.9 Å². The molecular formula is C11H13BrFN3O3. The number of likely N-dealkylation sites (N-methyl/N-ethyl adjacent to an activating group) is 1. The van der Waals surface area contributed by atoms with Crippen molar-refractivity contribution in [2.75, 3.05) is 13.6 Å². The van der Waals surface area contributed by atoms with Crippen molar-refractivity contribution in [1.82, 2.24) is 4.90 Å². The van der Waals surface area contributed by atoms with Crippen LogP contribution in [-0.4, -0.2) is 35.4 Å². The van der Waals surface area contributed by atoms with Gasteiger partial charge in [0.2, 0.25) is 0 Å². The van der Waals surface area contributed by atoms with Crippen LogP contribution in [0.4, 0.5) is 10.1 Å². The van der Waals surface area contributed by atoms with Gasteiger partial charge in [0, 0.05) is 19.6 Å². The lowest BCUT2D eigenvalue weighted by molar-refractivity contribution is -0.385. The van der Waals surface area contributed by atoms with Crippen molar-refractivity contribution in [3.63, 3.8) is 0 Å². The SMILES string of the molecule is C[C@@H](N)CN(C)C(=O)c1cc(F)cc([N+](=O)[O-])c1Br. The molecule has 0 aliphatic heterocycles. The van der Waals surface area contributed by atoms with E-state index in [0.29, 0.717) is 0 Å². The van der Waals surface area contributed by atoms with E-state index in [4.69, 9.17) is 5.73 Å². The number of hydrogen-bond donors (Lipinski definition) is 1. The highest BCUT2D eigenvalue weighted by Gasteiger charge is 2.24. The number of nitrogens with zero attached hydrogens (tertiary/aromatic N) is 2. The Hall–Kier alpha value is -1.54. The largest absolute Gasteiger partial charge is 0.340 e. The first-order valence-corrected chi connectivity index (χ1v) is 6.17. The molecule has 1 rings (SSSR count). The normalized spacial score (nSPS) is 12.1. The van der Waals surface area contributed by atoms with Crippen molar-refractivity contribution < 1.29 is 14.1 Å². The quantitative estimate of drug-likeness (QED) is 0.673. The summed E-state index contributed by atoms with van der Waals surface area (Å²) >= 11 is 2.96. The van der Waals surface area contributed by atoms with Crippen molar-refractivity contribution in [1.29, 1.82) is 0 Å². The van der Waals surface area contributed by atoms with Gasteiger partial charge in [-0.05, 0) is 28.9 Å². The van der Waals surface area contributed by atoms with Gasteiger partial charge in [0.1, 0.15) is 10.3 Å². The summed E-state index contributed by atoms with van der Waals surface area (Å²) in [4.78, 5) is 23.4. The highest BCUT2D eigenvalue weighted by molar-refractivity contribution is 9.10. The topological polar surface area (TPSA) is 89.5 Å². The summed E-state index contributed by atoms with van der Waals surface area (Å²) < 4.78 is 13.3. The smallest absolute Gasteiger partial charge is 0.287 e. The van der Waals surface area contributed by atoms with Crippen LogP contribution in [0.3, 0.4) is 0 Å². The van der Waals surface area contributed by atoms with E-state index in [9.17, 15) is 19.3 Å². The van der Waals surface area contributed by atoms with Crippen LogP contribution in [0.25, 0.3) is 0 Å². The Morgan fingerprint density at radius 1 is 1.63 bits per heavy atom. The molecule has 1 amide bonds. The van der Waals surface area contributed by atoms with E-state index < -0.39 is 22.3 Å². The van der Waals surface area contributed by atoms with Crippen molar-refractivity contribution in [2.24, 2.45) is 5.73 Å². The van der Waals surface area contributed by atoms with E-state index in [1.807, 2.05) is 0 Å². The third kappa shape index (κ3) is 3.71. The predicted molar refractivity (Wildman–Crippen MR) is 71.4 cm³/mol. The van der Waals surface area contributed by atoms with Gasteiger partial charge in [-0.1, -0.05) is 0 Å². The van der Waals surface area contributed by atoms with Crippen LogP contribution < -0.4 is 5.73 Å². The summed E-state index contributed by atoms with van der Waals surface area (Å²) in [6.45, 7) is 1.97. The average molecular weight is 334 g/mol. The van der Waals surface area contributed by atoms with Crippen molar-refractivity contribution in [2.45, 2.75) is 13.0 Å². The Morgan fingerprint density at radius 3 is 2.68 bits per heavy atom. The van der Waals surface area contributed by atoms with E-state index in [1.54, 1.807) is 6.92 Å². The molecule has 0 bridgehead atoms. The summed E-state index contributed by atoms with van der Waals surface area (Å²) in [6.07, 6.45) is 0. The Balaban J connectivity index is 3.20. The standard InChI is InChI=1S/C11H13BrFN3O3/c1-6(14)5-15(2)11(17)8-3-7(13)4-9(10(8)12)16(18)19/h3-4,6H,5,14H2,1-2H3/t6-/m1/s1. The first-order valence-electron chi connectivity index (χ1n) is 5.38. The minimum absolute atomic E-state index is 0.0413. The van der Waals surface area contributed by atoms with E-state index in [2.05, 4.69) is 15.9 Å². The van der Waals surface area contributed by atoms with Gasteiger partial charge in [0.15, 0.2) is 0 Å². The molecule has 0 fully saturated rings. The number of carbonyl (C=O) groups is 1. The lowest BCUT2D eigenvalue weighted by atomic mass is 10.1. The molecule has 0 aliphatic carbocycles. The van der Waals surface area contributed by atoms with E-state index in [-0.39, 0.29) is 22.6 Å². The number of halogens is 2. The first-order chi connectivity index (χ1) is 8.73. The van der Waals surface area contributed by atoms with Crippen LogP contribution in [0.1, 0.15) is 17.3 Å². The number of carbonyl (C=O) groups excluding carboxylic acids is 1. The van der Waals surface area contributed by atoms with Gasteiger partial charge in [0.25, 0.3) is 11.6 Å². The van der Waals surface area contributed by atoms with Crippen LogP contribution >= 0.6 is 15.9 Å². The van der Waals surface area contributed by atoms with Crippen molar-refractivity contribution in [3.8, 4) is 0 Å². The second kappa shape index (κ2) is 6.07. The molecule has 0 spiro atoms. The summed E-state index contributed by atoms with van der Waals surface area (Å²) in [5.74, 6) is -1.38. The van der Waals surface area contributed by atoms with Gasteiger partial charge in [-0.15, -0.1) is 0 Å². The molecule has 0 saturated heterocycles. The second-order valence-corrected chi connectivity index (χ2v) is 5.00. The Kier molecular flexibility index (Phi) is 4.96. The maximum Gasteiger partial charge on any atom is 0.287 e. The number of rotatable bonds is 4. The molecule has 6 nitrogen and oxygen atoms in total. The fraction of sp³-hybridized carbons (Fsp3) is 0.364. The molecule has 104 valence electrons. The highest BCUT2D eigenvalue weighted by atomic mass is 79.9. The predicted octanol–water partition coefficient (Wildman–Crippen LogP) is 1.92. The number of nitrogens with two attached hydrogens (primary N) is 1. The zero-order chi connectivity index (χ0) is 14.7. The fourth-order valence-corrected chi connectivity index (χ4v) is 2.13. The molecule has 8 heteroatoms. The molecule has 19 heavy (non-hydrogen) atoms. The zero-order valence-corrected chi connectivity index (χ0v) is 12.0. The van der Waals surface area contributed by atoms with Crippen molar-refractivity contribution >= 4 is 27.5 Å². The summed E-state index contributed by atoms with van der Waals surface area (Å²) in [5.41, 5.74) is 4.98. The third-order valence-electron chi connectivity index (χ3n) is 2.35. The summed E-state index contributed by atoms with van der Waals surface area (Å²) in [7, 11) is 1.49. The third-order valence-corrected chi connectivity index (χ3v) is 3.19. The molecule has 1 aromatic rings. The van der Waals surface area contributed by atoms with Crippen LogP contribution in [0.15, 0.2) is 16.6 Å². The monoisotopic (exact) mass is 333 g/mol. The zero-order valence-electron chi connectivity index (χ0n) is 10.4. The van der Waals surface area contributed by atoms with Crippen LogP contribution in [0.2, 0.25) is 0 Å². The van der Waals surface area contributed by atoms with E-state index in [0.717, 1.165) is 12.1 Å². The number of benzene rings is 1. The van der Waals surface area contributed by atoms with Gasteiger partial charge >= 0.3 is 0 Å². The molecule has 0 heterocycles. The van der Waals surface area contributed by atoms with Crippen LogP contribution in [0.5, 0.6) is 0 Å². The minimum atomic E-state index is -0.840. The van der Waals surface area contributed by atoms with Gasteiger partial charge in [0.05, 0.1) is 16.6 Å². The molecule has 0 radical (unpaired) electrons. The molecule has 0 aliphatic rings. The molecule has 0 unspecified atom stereocenters. The molecule has 1 atom stereocenters. The summed E-state index contributed by atoms with van der Waals surface area (Å²) in [5, 5.41) is 10.8. The lowest BCUT2D eigenvalue weighted by Gasteiger charge is -2.19. The lowest BCUT2D eigenvalue weighted by Crippen LogP contribution is -2.37. The Morgan fingerprint density at radius 2 is 2.21 bits per heavy atom. The highest BCUT2D eigenvalue weighted by Crippen LogP contribution is 2.30. The number of nitro groups is 1. The maximum absolute atomic E-state index is 13.3. The second-order valence-electron chi connectivity index (χ2n) is 4.21. The fourth-order valence-electron chi connectivity index (χ4n) is 1.58. The minimum Gasteiger partial charge on any atom is -0.340 e. The van der Waals surface area contributed by atoms with E-state index >= 15 is 0 Å². The molecular weight excluding hydrogens is 321 g/mol.